The van der Waals surface area contributed by atoms with Gasteiger partial charge in [0.2, 0.25) is 0 Å². The standard InChI is InChI=1S/C16H13ClN4/c17-12-5-3-4-11(10-19)16(12)21-14-7-2-1-6-13(14)20-15(21)8-9-18/h1-7H,8,10,19H2. The molecule has 2 N–H and O–H groups in total. The second-order valence-electron chi connectivity index (χ2n) is 4.64. The van der Waals surface area contributed by atoms with E-state index in [0.717, 1.165) is 22.3 Å². The van der Waals surface area contributed by atoms with Crippen LogP contribution in [0.25, 0.3) is 16.7 Å². The van der Waals surface area contributed by atoms with E-state index in [9.17, 15) is 0 Å². The van der Waals surface area contributed by atoms with Gasteiger partial charge in [-0.25, -0.2) is 4.98 Å². The molecule has 0 aliphatic carbocycles. The van der Waals surface area contributed by atoms with Gasteiger partial charge in [0.05, 0.1) is 34.2 Å². The summed E-state index contributed by atoms with van der Waals surface area (Å²) < 4.78 is 1.93. The van der Waals surface area contributed by atoms with Gasteiger partial charge in [0.1, 0.15) is 5.82 Å². The van der Waals surface area contributed by atoms with Gasteiger partial charge in [-0.05, 0) is 23.8 Å². The van der Waals surface area contributed by atoms with Crippen molar-refractivity contribution in [2.24, 2.45) is 5.73 Å². The number of benzene rings is 2. The van der Waals surface area contributed by atoms with Crippen LogP contribution >= 0.6 is 11.6 Å². The number of aromatic nitrogens is 2. The SMILES string of the molecule is N#CCc1nc2ccccc2n1-c1c(Cl)cccc1CN. The zero-order valence-electron chi connectivity index (χ0n) is 11.3. The fourth-order valence-electron chi connectivity index (χ4n) is 2.49. The minimum atomic E-state index is 0.212. The molecule has 5 heteroatoms. The number of imidazole rings is 1. The Morgan fingerprint density at radius 3 is 2.76 bits per heavy atom. The van der Waals surface area contributed by atoms with Crippen LogP contribution in [0.2, 0.25) is 5.02 Å². The molecule has 21 heavy (non-hydrogen) atoms. The molecule has 0 saturated carbocycles. The van der Waals surface area contributed by atoms with Crippen molar-refractivity contribution in [1.82, 2.24) is 9.55 Å². The number of para-hydroxylation sites is 3. The highest BCUT2D eigenvalue weighted by molar-refractivity contribution is 6.32. The zero-order valence-corrected chi connectivity index (χ0v) is 12.0. The van der Waals surface area contributed by atoms with Gasteiger partial charge in [-0.2, -0.15) is 5.26 Å². The fourth-order valence-corrected chi connectivity index (χ4v) is 2.77. The first-order valence-electron chi connectivity index (χ1n) is 6.57. The van der Waals surface area contributed by atoms with Gasteiger partial charge in [-0.3, -0.25) is 4.57 Å². The smallest absolute Gasteiger partial charge is 0.128 e. The Balaban J connectivity index is 2.39. The third-order valence-electron chi connectivity index (χ3n) is 3.38. The summed E-state index contributed by atoms with van der Waals surface area (Å²) in [5.74, 6) is 0.668. The van der Waals surface area contributed by atoms with E-state index in [4.69, 9.17) is 22.6 Å². The summed E-state index contributed by atoms with van der Waals surface area (Å²) in [6.07, 6.45) is 0.212. The molecule has 3 aromatic rings. The van der Waals surface area contributed by atoms with Crippen molar-refractivity contribution in [2.75, 3.05) is 0 Å². The van der Waals surface area contributed by atoms with Gasteiger partial charge >= 0.3 is 0 Å². The largest absolute Gasteiger partial charge is 0.326 e. The molecular formula is C16H13ClN4. The second kappa shape index (κ2) is 5.57. The van der Waals surface area contributed by atoms with Crippen LogP contribution in [-0.4, -0.2) is 9.55 Å². The topological polar surface area (TPSA) is 67.6 Å². The monoisotopic (exact) mass is 296 g/mol. The maximum atomic E-state index is 9.05. The molecule has 2 aromatic carbocycles. The quantitative estimate of drug-likeness (QED) is 0.807. The molecule has 104 valence electrons. The molecular weight excluding hydrogens is 284 g/mol. The Hall–Kier alpha value is -2.35. The number of nitrogens with zero attached hydrogens (tertiary/aromatic N) is 3. The minimum absolute atomic E-state index is 0.212. The number of rotatable bonds is 3. The molecule has 1 heterocycles. The van der Waals surface area contributed by atoms with Crippen molar-refractivity contribution in [2.45, 2.75) is 13.0 Å². The molecule has 0 aliphatic rings. The highest BCUT2D eigenvalue weighted by Gasteiger charge is 2.16. The first-order valence-corrected chi connectivity index (χ1v) is 6.95. The van der Waals surface area contributed by atoms with E-state index >= 15 is 0 Å². The maximum absolute atomic E-state index is 9.05. The minimum Gasteiger partial charge on any atom is -0.326 e. The highest BCUT2D eigenvalue weighted by atomic mass is 35.5. The Morgan fingerprint density at radius 1 is 1.19 bits per heavy atom. The number of nitrogens with two attached hydrogens (primary N) is 1. The summed E-state index contributed by atoms with van der Waals surface area (Å²) in [5, 5.41) is 9.65. The summed E-state index contributed by atoms with van der Waals surface area (Å²) in [7, 11) is 0. The van der Waals surface area contributed by atoms with Crippen LogP contribution in [0.15, 0.2) is 42.5 Å². The lowest BCUT2D eigenvalue weighted by Gasteiger charge is -2.14. The molecule has 1 aromatic heterocycles. The number of nitriles is 1. The number of fused-ring (bicyclic) bond motifs is 1. The van der Waals surface area contributed by atoms with E-state index in [0.29, 0.717) is 17.4 Å². The van der Waals surface area contributed by atoms with Gasteiger partial charge in [-0.1, -0.05) is 35.9 Å². The van der Waals surface area contributed by atoms with E-state index in [-0.39, 0.29) is 6.42 Å². The van der Waals surface area contributed by atoms with E-state index < -0.39 is 0 Å². The van der Waals surface area contributed by atoms with E-state index in [2.05, 4.69) is 11.1 Å². The summed E-state index contributed by atoms with van der Waals surface area (Å²) in [6.45, 7) is 0.369. The van der Waals surface area contributed by atoms with Crippen molar-refractivity contribution < 1.29 is 0 Å². The average Bonchev–Trinajstić information content (AvgIpc) is 2.85. The van der Waals surface area contributed by atoms with Crippen molar-refractivity contribution >= 4 is 22.6 Å². The summed E-state index contributed by atoms with van der Waals surface area (Å²) in [4.78, 5) is 4.54. The maximum Gasteiger partial charge on any atom is 0.128 e. The van der Waals surface area contributed by atoms with Crippen LogP contribution < -0.4 is 5.73 Å². The third kappa shape index (κ3) is 2.27. The van der Waals surface area contributed by atoms with E-state index in [1.807, 2.05) is 47.0 Å². The van der Waals surface area contributed by atoms with Gasteiger partial charge in [0.25, 0.3) is 0 Å². The highest BCUT2D eigenvalue weighted by Crippen LogP contribution is 2.29. The molecule has 4 nitrogen and oxygen atoms in total. The molecule has 0 atom stereocenters. The second-order valence-corrected chi connectivity index (χ2v) is 5.05. The third-order valence-corrected chi connectivity index (χ3v) is 3.69. The van der Waals surface area contributed by atoms with Gasteiger partial charge in [0.15, 0.2) is 0 Å². The van der Waals surface area contributed by atoms with Gasteiger partial charge < -0.3 is 5.73 Å². The molecule has 0 fully saturated rings. The van der Waals surface area contributed by atoms with E-state index in [1.165, 1.54) is 0 Å². The predicted octanol–water partition coefficient (Wildman–Crippen LogP) is 3.20. The number of hydrogen-bond donors (Lipinski definition) is 1. The fraction of sp³-hybridized carbons (Fsp3) is 0.125. The predicted molar refractivity (Wildman–Crippen MR) is 83.3 cm³/mol. The molecule has 0 spiro atoms. The molecule has 0 radical (unpaired) electrons. The van der Waals surface area contributed by atoms with Crippen molar-refractivity contribution in [3.05, 3.63) is 58.9 Å². The first kappa shape index (κ1) is 13.6. The van der Waals surface area contributed by atoms with Crippen LogP contribution in [0.1, 0.15) is 11.4 Å². The van der Waals surface area contributed by atoms with Crippen molar-refractivity contribution in [3.63, 3.8) is 0 Å². The number of halogens is 1. The van der Waals surface area contributed by atoms with Crippen LogP contribution in [0.4, 0.5) is 0 Å². The molecule has 0 amide bonds. The molecule has 0 bridgehead atoms. The molecule has 0 unspecified atom stereocenters. The summed E-state index contributed by atoms with van der Waals surface area (Å²) >= 11 is 6.39. The Morgan fingerprint density at radius 2 is 2.00 bits per heavy atom. The van der Waals surface area contributed by atoms with Crippen LogP contribution in [0, 0.1) is 11.3 Å². The van der Waals surface area contributed by atoms with Gasteiger partial charge in [0, 0.05) is 6.54 Å². The Kier molecular flexibility index (Phi) is 3.61. The Labute approximate surface area is 127 Å². The zero-order chi connectivity index (χ0) is 14.8. The van der Waals surface area contributed by atoms with Crippen LogP contribution in [0.5, 0.6) is 0 Å². The molecule has 3 rings (SSSR count). The van der Waals surface area contributed by atoms with Crippen LogP contribution in [0.3, 0.4) is 0 Å². The average molecular weight is 297 g/mol. The van der Waals surface area contributed by atoms with E-state index in [1.54, 1.807) is 0 Å². The summed E-state index contributed by atoms with van der Waals surface area (Å²) in [5.41, 5.74) is 9.32. The Bertz CT molecular complexity index is 845. The van der Waals surface area contributed by atoms with Crippen LogP contribution in [-0.2, 0) is 13.0 Å². The van der Waals surface area contributed by atoms with Crippen molar-refractivity contribution in [1.29, 1.82) is 5.26 Å². The number of hydrogen-bond acceptors (Lipinski definition) is 3. The summed E-state index contributed by atoms with van der Waals surface area (Å²) in [6, 6.07) is 15.5. The normalized spacial score (nSPS) is 10.7. The lowest BCUT2D eigenvalue weighted by atomic mass is 10.1. The molecule has 0 saturated heterocycles. The van der Waals surface area contributed by atoms with Crippen molar-refractivity contribution in [3.8, 4) is 11.8 Å². The molecule has 0 aliphatic heterocycles. The first-order chi connectivity index (χ1) is 10.3. The van der Waals surface area contributed by atoms with Gasteiger partial charge in [-0.15, -0.1) is 0 Å². The lowest BCUT2D eigenvalue weighted by Crippen LogP contribution is -2.08. The lowest BCUT2D eigenvalue weighted by molar-refractivity contribution is 0.927.